The van der Waals surface area contributed by atoms with Crippen LogP contribution >= 0.6 is 0 Å². The van der Waals surface area contributed by atoms with Crippen molar-refractivity contribution in [1.82, 2.24) is 4.57 Å². The monoisotopic (exact) mass is 442 g/mol. The number of nitriles is 1. The lowest BCUT2D eigenvalue weighted by Crippen LogP contribution is -2.06. The number of carbonyl (C=O) groups excluding carboxylic acids is 1. The topological polar surface area (TPSA) is 55.0 Å². The first-order valence-corrected chi connectivity index (χ1v) is 9.63. The number of alkyl halides is 3. The highest BCUT2D eigenvalue weighted by atomic mass is 19.4. The third kappa shape index (κ3) is 5.24. The molecule has 0 amide bonds. The van der Waals surface area contributed by atoms with E-state index in [1.165, 1.54) is 30.3 Å². The number of hydrogen-bond acceptors (Lipinski definition) is 3. The molecule has 8 heteroatoms. The Morgan fingerprint density at radius 1 is 1.16 bits per heavy atom. The Kier molecular flexibility index (Phi) is 6.79. The largest absolute Gasteiger partial charge is 0.462 e. The van der Waals surface area contributed by atoms with E-state index in [1.807, 2.05) is 0 Å². The highest BCUT2D eigenvalue weighted by molar-refractivity contribution is 5.98. The predicted molar refractivity (Wildman–Crippen MR) is 111 cm³/mol. The quantitative estimate of drug-likeness (QED) is 0.209. The molecule has 0 fully saturated rings. The van der Waals surface area contributed by atoms with Crippen LogP contribution in [0.5, 0.6) is 0 Å². The average molecular weight is 442 g/mol. The lowest BCUT2D eigenvalue weighted by Gasteiger charge is -2.11. The van der Waals surface area contributed by atoms with E-state index in [9.17, 15) is 27.6 Å². The molecule has 2 aromatic carbocycles. The molecule has 0 aliphatic heterocycles. The highest BCUT2D eigenvalue weighted by Gasteiger charge is 2.30. The standard InChI is InChI=1S/C24H18F4N2O2/c1-2-32-23(31)18(13-29)11-17-12-22(20-5-3-4-6-21(20)25)30(15-17)14-16-7-9-19(10-8-16)24(26,27)28/h3-12,15H,2,14H2,1H3/b18-11+. The summed E-state index contributed by atoms with van der Waals surface area (Å²) in [5.41, 5.74) is 0.731. The Balaban J connectivity index is 2.03. The van der Waals surface area contributed by atoms with E-state index in [0.717, 1.165) is 12.1 Å². The molecule has 0 N–H and O–H groups in total. The number of hydrogen-bond donors (Lipinski definition) is 0. The first kappa shape index (κ1) is 22.8. The van der Waals surface area contributed by atoms with Gasteiger partial charge in [-0.25, -0.2) is 9.18 Å². The van der Waals surface area contributed by atoms with Gasteiger partial charge in [0.2, 0.25) is 0 Å². The van der Waals surface area contributed by atoms with Crippen molar-refractivity contribution in [1.29, 1.82) is 5.26 Å². The lowest BCUT2D eigenvalue weighted by atomic mass is 10.1. The number of halogens is 4. The van der Waals surface area contributed by atoms with Crippen molar-refractivity contribution in [2.45, 2.75) is 19.6 Å². The molecule has 0 saturated carbocycles. The number of aromatic nitrogens is 1. The molecule has 1 aromatic heterocycles. The fourth-order valence-electron chi connectivity index (χ4n) is 3.15. The van der Waals surface area contributed by atoms with Crippen LogP contribution in [0.2, 0.25) is 0 Å². The zero-order chi connectivity index (χ0) is 23.3. The van der Waals surface area contributed by atoms with E-state index in [4.69, 9.17) is 4.74 Å². The highest BCUT2D eigenvalue weighted by Crippen LogP contribution is 2.30. The molecule has 0 bridgehead atoms. The molecule has 32 heavy (non-hydrogen) atoms. The van der Waals surface area contributed by atoms with Crippen LogP contribution in [0, 0.1) is 17.1 Å². The maximum absolute atomic E-state index is 14.5. The Bertz CT molecular complexity index is 1190. The summed E-state index contributed by atoms with van der Waals surface area (Å²) in [6, 6.07) is 14.1. The zero-order valence-electron chi connectivity index (χ0n) is 17.0. The summed E-state index contributed by atoms with van der Waals surface area (Å²) in [4.78, 5) is 11.9. The van der Waals surface area contributed by atoms with Gasteiger partial charge in [-0.2, -0.15) is 18.4 Å². The summed E-state index contributed by atoms with van der Waals surface area (Å²) >= 11 is 0. The van der Waals surface area contributed by atoms with Crippen molar-refractivity contribution >= 4 is 12.0 Å². The van der Waals surface area contributed by atoms with Gasteiger partial charge >= 0.3 is 12.1 Å². The summed E-state index contributed by atoms with van der Waals surface area (Å²) in [5.74, 6) is -1.27. The number of rotatable bonds is 6. The summed E-state index contributed by atoms with van der Waals surface area (Å²) < 4.78 is 59.5. The molecule has 0 saturated heterocycles. The molecular weight excluding hydrogens is 424 g/mol. The Labute approximate surface area is 182 Å². The minimum absolute atomic E-state index is 0.104. The molecule has 4 nitrogen and oxygen atoms in total. The Morgan fingerprint density at radius 2 is 1.84 bits per heavy atom. The van der Waals surface area contributed by atoms with Gasteiger partial charge in [-0.05, 0) is 54.5 Å². The van der Waals surface area contributed by atoms with Crippen LogP contribution in [0.1, 0.15) is 23.6 Å². The van der Waals surface area contributed by atoms with Gasteiger partial charge in [-0.1, -0.05) is 24.3 Å². The van der Waals surface area contributed by atoms with E-state index in [0.29, 0.717) is 16.8 Å². The van der Waals surface area contributed by atoms with Gasteiger partial charge < -0.3 is 9.30 Å². The minimum atomic E-state index is -4.44. The van der Waals surface area contributed by atoms with E-state index < -0.39 is 23.5 Å². The van der Waals surface area contributed by atoms with Crippen LogP contribution in [0.4, 0.5) is 17.6 Å². The SMILES string of the molecule is CCOC(=O)/C(C#N)=C/c1cc(-c2ccccc2F)n(Cc2ccc(C(F)(F)F)cc2)c1. The molecule has 1 heterocycles. The van der Waals surface area contributed by atoms with Crippen LogP contribution in [-0.4, -0.2) is 17.1 Å². The van der Waals surface area contributed by atoms with E-state index >= 15 is 0 Å². The van der Waals surface area contributed by atoms with Crippen molar-refractivity contribution in [3.05, 3.63) is 88.9 Å². The molecule has 0 aliphatic rings. The maximum Gasteiger partial charge on any atom is 0.416 e. The van der Waals surface area contributed by atoms with Crippen molar-refractivity contribution < 1.29 is 27.1 Å². The van der Waals surface area contributed by atoms with Gasteiger partial charge in [0.15, 0.2) is 0 Å². The third-order valence-electron chi connectivity index (χ3n) is 4.63. The molecule has 0 atom stereocenters. The van der Waals surface area contributed by atoms with E-state index in [1.54, 1.807) is 42.0 Å². The van der Waals surface area contributed by atoms with Crippen molar-refractivity contribution in [2.24, 2.45) is 0 Å². The molecule has 164 valence electrons. The van der Waals surface area contributed by atoms with E-state index in [-0.39, 0.29) is 24.3 Å². The minimum Gasteiger partial charge on any atom is -0.462 e. The predicted octanol–water partition coefficient (Wildman–Crippen LogP) is 5.83. The van der Waals surface area contributed by atoms with Gasteiger partial charge in [0.25, 0.3) is 0 Å². The molecule has 0 spiro atoms. The first-order chi connectivity index (χ1) is 15.2. The molecule has 0 unspecified atom stereocenters. The van der Waals surface area contributed by atoms with Gasteiger partial charge in [0, 0.05) is 18.3 Å². The molecule has 0 aliphatic carbocycles. The van der Waals surface area contributed by atoms with Crippen LogP contribution < -0.4 is 0 Å². The number of benzene rings is 2. The zero-order valence-corrected chi connectivity index (χ0v) is 17.0. The summed E-state index contributed by atoms with van der Waals surface area (Å²) in [6.45, 7) is 1.87. The third-order valence-corrected chi connectivity index (χ3v) is 4.63. The molecule has 3 aromatic rings. The second kappa shape index (κ2) is 9.52. The summed E-state index contributed by atoms with van der Waals surface area (Å²) in [5, 5.41) is 9.27. The van der Waals surface area contributed by atoms with Gasteiger partial charge in [-0.15, -0.1) is 0 Å². The lowest BCUT2D eigenvalue weighted by molar-refractivity contribution is -0.138. The van der Waals surface area contributed by atoms with Crippen LogP contribution in [0.3, 0.4) is 0 Å². The average Bonchev–Trinajstić information content (AvgIpc) is 3.14. The number of esters is 1. The van der Waals surface area contributed by atoms with Crippen LogP contribution in [0.15, 0.2) is 66.4 Å². The number of ether oxygens (including phenoxy) is 1. The van der Waals surface area contributed by atoms with Gasteiger partial charge in [0.1, 0.15) is 17.5 Å². The van der Waals surface area contributed by atoms with Crippen LogP contribution in [-0.2, 0) is 22.3 Å². The molecule has 3 rings (SSSR count). The van der Waals surface area contributed by atoms with Crippen LogP contribution in [0.25, 0.3) is 17.3 Å². The second-order valence-electron chi connectivity index (χ2n) is 6.85. The Morgan fingerprint density at radius 3 is 2.44 bits per heavy atom. The number of carbonyl (C=O) groups is 1. The van der Waals surface area contributed by atoms with Gasteiger partial charge in [-0.3, -0.25) is 0 Å². The second-order valence-corrected chi connectivity index (χ2v) is 6.85. The Hall–Kier alpha value is -3.86. The van der Waals surface area contributed by atoms with Crippen molar-refractivity contribution in [3.8, 4) is 17.3 Å². The maximum atomic E-state index is 14.5. The summed E-state index contributed by atoms with van der Waals surface area (Å²) in [7, 11) is 0. The first-order valence-electron chi connectivity index (χ1n) is 9.63. The normalized spacial score (nSPS) is 11.8. The number of nitrogens with zero attached hydrogens (tertiary/aromatic N) is 2. The van der Waals surface area contributed by atoms with E-state index in [2.05, 4.69) is 0 Å². The molecule has 0 radical (unpaired) electrons. The fourth-order valence-corrected chi connectivity index (χ4v) is 3.15. The fraction of sp³-hybridized carbons (Fsp3) is 0.167. The summed E-state index contributed by atoms with van der Waals surface area (Å²) in [6.07, 6.45) is -1.52. The van der Waals surface area contributed by atoms with Gasteiger partial charge in [0.05, 0.1) is 17.9 Å². The molecular formula is C24H18F4N2O2. The van der Waals surface area contributed by atoms with Crippen molar-refractivity contribution in [2.75, 3.05) is 6.61 Å². The smallest absolute Gasteiger partial charge is 0.416 e. The van der Waals surface area contributed by atoms with Crippen molar-refractivity contribution in [3.63, 3.8) is 0 Å².